The molecule has 6 unspecified atom stereocenters. The summed E-state index contributed by atoms with van der Waals surface area (Å²) in [4.78, 5) is 0. The molecule has 0 aromatic heterocycles. The van der Waals surface area contributed by atoms with Gasteiger partial charge in [0, 0.05) is 6.61 Å². The highest BCUT2D eigenvalue weighted by atomic mass is 16.3. The van der Waals surface area contributed by atoms with E-state index in [0.717, 1.165) is 11.8 Å². The van der Waals surface area contributed by atoms with E-state index in [-0.39, 0.29) is 5.41 Å². The Balaban J connectivity index is 1.65. The Kier molecular flexibility index (Phi) is 3.42. The van der Waals surface area contributed by atoms with Crippen LogP contribution in [0, 0.1) is 45.3 Å². The molecule has 0 bridgehead atoms. The maximum absolute atomic E-state index is 10.6. The number of allylic oxidation sites excluding steroid dienone is 3. The third-order valence-electron chi connectivity index (χ3n) is 10.6. The molecule has 4 fully saturated rings. The normalized spacial score (nSPS) is 50.7. The Hall–Kier alpha value is -0.560. The maximum atomic E-state index is 10.6. The van der Waals surface area contributed by atoms with Crippen molar-refractivity contribution in [2.24, 2.45) is 45.3 Å². The molecule has 0 saturated heterocycles. The van der Waals surface area contributed by atoms with E-state index in [1.807, 2.05) is 0 Å². The maximum Gasteiger partial charge on any atom is 0.0473 e. The van der Waals surface area contributed by atoms with Gasteiger partial charge in [-0.1, -0.05) is 64.3 Å². The van der Waals surface area contributed by atoms with Crippen LogP contribution in [0.3, 0.4) is 0 Å². The summed E-state index contributed by atoms with van der Waals surface area (Å²) in [6.07, 6.45) is 13.3. The molecule has 5 aliphatic carbocycles. The molecule has 1 heteroatoms. The van der Waals surface area contributed by atoms with E-state index >= 15 is 0 Å². The number of hydrogen-bond donors (Lipinski definition) is 1. The van der Waals surface area contributed by atoms with E-state index in [4.69, 9.17) is 0 Å². The fraction of sp³-hybridized carbons (Fsp3) is 0.840. The van der Waals surface area contributed by atoms with Crippen LogP contribution in [-0.4, -0.2) is 11.7 Å². The highest BCUT2D eigenvalue weighted by molar-refractivity contribution is 5.48. The third kappa shape index (κ3) is 1.78. The molecule has 5 rings (SSSR count). The summed E-state index contributed by atoms with van der Waals surface area (Å²) in [5, 5.41) is 10.6. The summed E-state index contributed by atoms with van der Waals surface area (Å²) >= 11 is 0. The Bertz CT molecular complexity index is 678. The molecule has 0 aromatic rings. The zero-order valence-corrected chi connectivity index (χ0v) is 17.4. The van der Waals surface area contributed by atoms with Crippen molar-refractivity contribution in [1.29, 1.82) is 0 Å². The van der Waals surface area contributed by atoms with Crippen LogP contribution in [-0.2, 0) is 0 Å². The second-order valence-corrected chi connectivity index (χ2v) is 11.6. The minimum atomic E-state index is 0.257. The lowest BCUT2D eigenvalue weighted by molar-refractivity contribution is -0.00328. The van der Waals surface area contributed by atoms with Crippen molar-refractivity contribution in [3.05, 3.63) is 23.8 Å². The Morgan fingerprint density at radius 3 is 2.42 bits per heavy atom. The molecule has 0 radical (unpaired) electrons. The lowest BCUT2D eigenvalue weighted by atomic mass is 9.47. The Morgan fingerprint density at radius 2 is 1.77 bits per heavy atom. The van der Waals surface area contributed by atoms with Gasteiger partial charge >= 0.3 is 0 Å². The van der Waals surface area contributed by atoms with Crippen molar-refractivity contribution in [2.75, 3.05) is 6.61 Å². The molecule has 1 nitrogen and oxygen atoms in total. The van der Waals surface area contributed by atoms with Crippen LogP contribution in [0.15, 0.2) is 23.8 Å². The van der Waals surface area contributed by atoms with E-state index in [2.05, 4.69) is 40.3 Å². The molecule has 0 aliphatic heterocycles. The molecule has 0 aromatic carbocycles. The van der Waals surface area contributed by atoms with Crippen molar-refractivity contribution < 1.29 is 5.11 Å². The molecule has 0 amide bonds. The zero-order valence-electron chi connectivity index (χ0n) is 17.4. The lowest BCUT2D eigenvalue weighted by Crippen LogP contribution is -2.50. The average molecular weight is 355 g/mol. The van der Waals surface area contributed by atoms with Crippen LogP contribution in [0.25, 0.3) is 0 Å². The second-order valence-electron chi connectivity index (χ2n) is 11.6. The first kappa shape index (κ1) is 17.5. The van der Waals surface area contributed by atoms with Gasteiger partial charge < -0.3 is 5.11 Å². The minimum absolute atomic E-state index is 0.257. The van der Waals surface area contributed by atoms with Gasteiger partial charge in [0.15, 0.2) is 0 Å². The summed E-state index contributed by atoms with van der Waals surface area (Å²) in [5.74, 6) is 2.68. The summed E-state index contributed by atoms with van der Waals surface area (Å²) in [5.41, 5.74) is 4.52. The van der Waals surface area contributed by atoms with Gasteiger partial charge in [0.05, 0.1) is 0 Å². The molecule has 0 heterocycles. The van der Waals surface area contributed by atoms with Gasteiger partial charge in [-0.3, -0.25) is 0 Å². The van der Waals surface area contributed by atoms with E-state index in [9.17, 15) is 5.11 Å². The Labute approximate surface area is 160 Å². The number of aliphatic hydroxyl groups is 1. The van der Waals surface area contributed by atoms with Crippen LogP contribution < -0.4 is 0 Å². The van der Waals surface area contributed by atoms with Crippen LogP contribution in [0.2, 0.25) is 0 Å². The SMILES string of the molecule is C=C1C=C2C3(CCC(C)C2(C)C2C1C2(C)C)CCC1(CCCC1)C3CO. The number of rotatable bonds is 1. The van der Waals surface area contributed by atoms with Crippen molar-refractivity contribution in [3.8, 4) is 0 Å². The first-order valence-electron chi connectivity index (χ1n) is 11.3. The van der Waals surface area contributed by atoms with Gasteiger partial charge in [-0.15, -0.1) is 0 Å². The van der Waals surface area contributed by atoms with Gasteiger partial charge in [0.2, 0.25) is 0 Å². The van der Waals surface area contributed by atoms with E-state index in [1.54, 1.807) is 5.57 Å². The summed E-state index contributed by atoms with van der Waals surface area (Å²) in [6.45, 7) is 15.0. The van der Waals surface area contributed by atoms with E-state index in [0.29, 0.717) is 34.7 Å². The van der Waals surface area contributed by atoms with E-state index in [1.165, 1.54) is 56.9 Å². The predicted molar refractivity (Wildman–Crippen MR) is 108 cm³/mol. The average Bonchev–Trinajstić information content (AvgIpc) is 2.92. The largest absolute Gasteiger partial charge is 0.396 e. The molecule has 2 spiro atoms. The lowest BCUT2D eigenvalue weighted by Gasteiger charge is -2.57. The zero-order chi connectivity index (χ0) is 18.5. The Morgan fingerprint density at radius 1 is 1.08 bits per heavy atom. The minimum Gasteiger partial charge on any atom is -0.396 e. The summed E-state index contributed by atoms with van der Waals surface area (Å²) < 4.78 is 0. The molecule has 1 N–H and O–H groups in total. The monoisotopic (exact) mass is 354 g/mol. The van der Waals surface area contributed by atoms with E-state index < -0.39 is 0 Å². The van der Waals surface area contributed by atoms with Gasteiger partial charge in [0.25, 0.3) is 0 Å². The fourth-order valence-corrected chi connectivity index (χ4v) is 9.28. The quantitative estimate of drug-likeness (QED) is 0.599. The molecular weight excluding hydrogens is 316 g/mol. The summed E-state index contributed by atoms with van der Waals surface area (Å²) in [7, 11) is 0. The first-order chi connectivity index (χ1) is 12.2. The molecule has 144 valence electrons. The smallest absolute Gasteiger partial charge is 0.0473 e. The second kappa shape index (κ2) is 5.07. The van der Waals surface area contributed by atoms with Crippen LogP contribution in [0.4, 0.5) is 0 Å². The van der Waals surface area contributed by atoms with Gasteiger partial charge in [-0.2, -0.15) is 0 Å². The van der Waals surface area contributed by atoms with Crippen molar-refractivity contribution in [3.63, 3.8) is 0 Å². The van der Waals surface area contributed by atoms with Gasteiger partial charge in [-0.25, -0.2) is 0 Å². The van der Waals surface area contributed by atoms with Crippen LogP contribution >= 0.6 is 0 Å². The van der Waals surface area contributed by atoms with Gasteiger partial charge in [-0.05, 0) is 83.9 Å². The topological polar surface area (TPSA) is 20.2 Å². The predicted octanol–water partition coefficient (Wildman–Crippen LogP) is 6.14. The highest BCUT2D eigenvalue weighted by Gasteiger charge is 2.73. The van der Waals surface area contributed by atoms with Crippen LogP contribution in [0.5, 0.6) is 0 Å². The standard InChI is InChI=1S/C25H38O/c1-16-14-18-23(5,21-20(16)22(21,3)4)17(2)8-11-25(18)13-12-24(19(25)15-26)9-6-7-10-24/h14,17,19-21,26H,1,6-13,15H2,2-5H3. The molecular formula is C25H38O. The summed E-state index contributed by atoms with van der Waals surface area (Å²) in [6, 6.07) is 0. The van der Waals surface area contributed by atoms with Crippen molar-refractivity contribution in [2.45, 2.75) is 79.1 Å². The molecule has 4 saturated carbocycles. The number of aliphatic hydroxyl groups excluding tert-OH is 1. The third-order valence-corrected chi connectivity index (χ3v) is 10.6. The molecule has 6 atom stereocenters. The number of hydrogen-bond acceptors (Lipinski definition) is 1. The number of fused-ring (bicyclic) bond motifs is 4. The molecule has 5 aliphatic rings. The molecule has 26 heavy (non-hydrogen) atoms. The van der Waals surface area contributed by atoms with Crippen molar-refractivity contribution in [1.82, 2.24) is 0 Å². The fourth-order valence-electron chi connectivity index (χ4n) is 9.28. The van der Waals surface area contributed by atoms with Crippen LogP contribution in [0.1, 0.15) is 79.1 Å². The highest BCUT2D eigenvalue weighted by Crippen LogP contribution is 2.80. The first-order valence-corrected chi connectivity index (χ1v) is 11.3. The van der Waals surface area contributed by atoms with Gasteiger partial charge in [0.1, 0.15) is 0 Å². The van der Waals surface area contributed by atoms with Crippen molar-refractivity contribution >= 4 is 0 Å².